The van der Waals surface area contributed by atoms with E-state index < -0.39 is 67.2 Å². The molecule has 4 rings (SSSR count). The molecule has 8 nitrogen and oxygen atoms in total. The quantitative estimate of drug-likeness (QED) is 0.484. The van der Waals surface area contributed by atoms with Gasteiger partial charge in [-0.1, -0.05) is 5.21 Å². The molecule has 5 atom stereocenters. The van der Waals surface area contributed by atoms with Gasteiger partial charge >= 0.3 is 0 Å². The first-order chi connectivity index (χ1) is 15.8. The molecule has 0 aliphatic carbocycles. The summed E-state index contributed by atoms with van der Waals surface area (Å²) in [5, 5.41) is 28.3. The Bertz CT molecular complexity index is 948. The number of aliphatic hydroxyl groups excluding tert-OH is 2. The van der Waals surface area contributed by atoms with E-state index in [1.165, 1.54) is 6.20 Å². The molecule has 33 heavy (non-hydrogen) atoms. The Balaban J connectivity index is 1.74. The lowest BCUT2D eigenvalue weighted by atomic mass is 9.86. The number of alkyl halides is 2. The minimum absolute atomic E-state index is 0.0711. The van der Waals surface area contributed by atoms with E-state index in [-0.39, 0.29) is 24.3 Å². The van der Waals surface area contributed by atoms with Crippen LogP contribution in [0.15, 0.2) is 18.3 Å². The normalized spacial score (nSPS) is 30.3. The number of benzene rings is 1. The van der Waals surface area contributed by atoms with Crippen molar-refractivity contribution in [3.8, 4) is 11.3 Å². The highest BCUT2D eigenvalue weighted by molar-refractivity contribution is 5.57. The SMILES string of the molecule is OC[C@H]1O[C@@]2(CCCCO2)[C@H](OCC(F)F)[C@@H](n2cc(-c3cc(F)c(F)c(F)c3)nn2)[C@H]1O. The smallest absolute Gasteiger partial charge is 0.261 e. The number of aromatic nitrogens is 3. The Hall–Kier alpha value is -2.19. The van der Waals surface area contributed by atoms with Gasteiger partial charge in [0.2, 0.25) is 0 Å². The first kappa shape index (κ1) is 24.0. The number of aliphatic hydroxyl groups is 2. The van der Waals surface area contributed by atoms with Crippen LogP contribution in [0, 0.1) is 17.5 Å². The molecule has 182 valence electrons. The molecule has 0 radical (unpaired) electrons. The molecular weight excluding hydrogens is 457 g/mol. The molecule has 2 aliphatic rings. The van der Waals surface area contributed by atoms with Gasteiger partial charge in [-0.05, 0) is 25.0 Å². The fraction of sp³-hybridized carbons (Fsp3) is 0.600. The lowest BCUT2D eigenvalue weighted by molar-refractivity contribution is -0.373. The average Bonchev–Trinajstić information content (AvgIpc) is 3.27. The molecule has 2 aromatic rings. The summed E-state index contributed by atoms with van der Waals surface area (Å²) < 4.78 is 84.8. The predicted molar refractivity (Wildman–Crippen MR) is 101 cm³/mol. The van der Waals surface area contributed by atoms with Crippen molar-refractivity contribution in [3.63, 3.8) is 0 Å². The van der Waals surface area contributed by atoms with Crippen LogP contribution < -0.4 is 0 Å². The number of halogens is 5. The number of hydrogen-bond donors (Lipinski definition) is 2. The molecule has 2 fully saturated rings. The van der Waals surface area contributed by atoms with Crippen molar-refractivity contribution < 1.29 is 46.4 Å². The molecule has 3 heterocycles. The van der Waals surface area contributed by atoms with Gasteiger partial charge in [0.05, 0.1) is 19.4 Å². The Kier molecular flexibility index (Phi) is 6.96. The summed E-state index contributed by atoms with van der Waals surface area (Å²) in [4.78, 5) is 0. The van der Waals surface area contributed by atoms with E-state index >= 15 is 0 Å². The topological polar surface area (TPSA) is 98.9 Å². The lowest BCUT2D eigenvalue weighted by Crippen LogP contribution is -2.65. The molecule has 0 unspecified atom stereocenters. The zero-order chi connectivity index (χ0) is 23.8. The Morgan fingerprint density at radius 3 is 2.55 bits per heavy atom. The molecule has 2 N–H and O–H groups in total. The summed E-state index contributed by atoms with van der Waals surface area (Å²) in [6.45, 7) is -1.35. The first-order valence-electron chi connectivity index (χ1n) is 10.3. The molecule has 2 aliphatic heterocycles. The van der Waals surface area contributed by atoms with Gasteiger partial charge in [0.15, 0.2) is 23.2 Å². The molecule has 2 saturated heterocycles. The van der Waals surface area contributed by atoms with Crippen LogP contribution in [-0.4, -0.2) is 75.6 Å². The second-order valence-corrected chi connectivity index (χ2v) is 7.92. The van der Waals surface area contributed by atoms with E-state index in [1.54, 1.807) is 0 Å². The molecule has 1 aromatic carbocycles. The summed E-state index contributed by atoms with van der Waals surface area (Å²) in [5.41, 5.74) is -0.204. The fourth-order valence-corrected chi connectivity index (χ4v) is 4.26. The van der Waals surface area contributed by atoms with Gasteiger partial charge in [0.1, 0.15) is 36.7 Å². The molecule has 0 amide bonds. The first-order valence-corrected chi connectivity index (χ1v) is 10.3. The summed E-state index contributed by atoms with van der Waals surface area (Å²) in [6.07, 6.45) is -3.98. The minimum Gasteiger partial charge on any atom is -0.394 e. The van der Waals surface area contributed by atoms with E-state index in [4.69, 9.17) is 14.2 Å². The van der Waals surface area contributed by atoms with Crippen molar-refractivity contribution >= 4 is 0 Å². The number of ether oxygens (including phenoxy) is 3. The largest absolute Gasteiger partial charge is 0.394 e. The molecule has 0 bridgehead atoms. The van der Waals surface area contributed by atoms with Crippen LogP contribution in [0.1, 0.15) is 25.3 Å². The van der Waals surface area contributed by atoms with E-state index in [1.807, 2.05) is 0 Å². The highest BCUT2D eigenvalue weighted by atomic mass is 19.3. The van der Waals surface area contributed by atoms with Crippen molar-refractivity contribution in [2.45, 2.75) is 55.8 Å². The summed E-state index contributed by atoms with van der Waals surface area (Å²) in [7, 11) is 0. The van der Waals surface area contributed by atoms with E-state index in [0.717, 1.165) is 16.8 Å². The highest BCUT2D eigenvalue weighted by Gasteiger charge is 2.57. The van der Waals surface area contributed by atoms with Crippen molar-refractivity contribution in [1.29, 1.82) is 0 Å². The average molecular weight is 479 g/mol. The van der Waals surface area contributed by atoms with Gasteiger partial charge in [-0.25, -0.2) is 26.6 Å². The van der Waals surface area contributed by atoms with E-state index in [0.29, 0.717) is 12.8 Å². The van der Waals surface area contributed by atoms with E-state index in [2.05, 4.69) is 10.3 Å². The second-order valence-electron chi connectivity index (χ2n) is 7.92. The second kappa shape index (κ2) is 9.58. The Labute approximate surface area is 184 Å². The van der Waals surface area contributed by atoms with Crippen LogP contribution in [0.25, 0.3) is 11.3 Å². The van der Waals surface area contributed by atoms with Crippen molar-refractivity contribution in [1.82, 2.24) is 15.0 Å². The highest BCUT2D eigenvalue weighted by Crippen LogP contribution is 2.44. The Morgan fingerprint density at radius 2 is 1.94 bits per heavy atom. The van der Waals surface area contributed by atoms with Crippen LogP contribution in [0.2, 0.25) is 0 Å². The molecule has 13 heteroatoms. The molecule has 1 spiro atoms. The van der Waals surface area contributed by atoms with Crippen molar-refractivity contribution in [2.75, 3.05) is 19.8 Å². The van der Waals surface area contributed by atoms with Gasteiger partial charge in [-0.2, -0.15) is 0 Å². The van der Waals surface area contributed by atoms with E-state index in [9.17, 15) is 32.2 Å². The van der Waals surface area contributed by atoms with Crippen LogP contribution in [0.5, 0.6) is 0 Å². The molecule has 0 saturated carbocycles. The van der Waals surface area contributed by atoms with Crippen molar-refractivity contribution in [2.24, 2.45) is 0 Å². The third-order valence-electron chi connectivity index (χ3n) is 5.77. The number of nitrogens with zero attached hydrogens (tertiary/aromatic N) is 3. The Morgan fingerprint density at radius 1 is 1.21 bits per heavy atom. The summed E-state index contributed by atoms with van der Waals surface area (Å²) >= 11 is 0. The third kappa shape index (κ3) is 4.60. The monoisotopic (exact) mass is 479 g/mol. The number of hydrogen-bond acceptors (Lipinski definition) is 7. The van der Waals surface area contributed by atoms with Crippen molar-refractivity contribution in [3.05, 3.63) is 35.8 Å². The lowest BCUT2D eigenvalue weighted by Gasteiger charge is -2.52. The van der Waals surface area contributed by atoms with Gasteiger partial charge in [-0.3, -0.25) is 0 Å². The van der Waals surface area contributed by atoms with Crippen LogP contribution >= 0.6 is 0 Å². The van der Waals surface area contributed by atoms with Gasteiger partial charge in [0, 0.05) is 12.0 Å². The minimum atomic E-state index is -2.82. The van der Waals surface area contributed by atoms with Gasteiger partial charge in [-0.15, -0.1) is 5.10 Å². The maximum Gasteiger partial charge on any atom is 0.261 e. The maximum absolute atomic E-state index is 13.7. The molecular formula is C20H22F5N3O5. The predicted octanol–water partition coefficient (Wildman–Crippen LogP) is 2.20. The van der Waals surface area contributed by atoms with Gasteiger partial charge in [0.25, 0.3) is 6.43 Å². The fourth-order valence-electron chi connectivity index (χ4n) is 4.26. The summed E-state index contributed by atoms with van der Waals surface area (Å²) in [6, 6.07) is 0.240. The molecule has 1 aromatic heterocycles. The van der Waals surface area contributed by atoms with Crippen LogP contribution in [0.3, 0.4) is 0 Å². The third-order valence-corrected chi connectivity index (χ3v) is 5.77. The van der Waals surface area contributed by atoms with Crippen LogP contribution in [0.4, 0.5) is 22.0 Å². The summed E-state index contributed by atoms with van der Waals surface area (Å²) in [5.74, 6) is -6.05. The standard InChI is InChI=1S/C20H22F5N3O5/c21-11-5-10(6-12(22)16(11)25)13-7-28(27-26-13)17-18(30)14(8-29)33-20(3-1-2-4-32-20)19(17)31-9-15(23)24/h5-7,14-15,17-19,29-30H,1-4,8-9H2/t14-,17+,18+,19-,20+/m1/s1. The zero-order valence-electron chi connectivity index (χ0n) is 17.2. The van der Waals surface area contributed by atoms with Crippen LogP contribution in [-0.2, 0) is 14.2 Å². The zero-order valence-corrected chi connectivity index (χ0v) is 17.2. The van der Waals surface area contributed by atoms with Gasteiger partial charge < -0.3 is 24.4 Å². The number of rotatable bonds is 6. The maximum atomic E-state index is 13.7.